The van der Waals surface area contributed by atoms with Gasteiger partial charge in [0.1, 0.15) is 5.75 Å². The van der Waals surface area contributed by atoms with Gasteiger partial charge in [-0.3, -0.25) is 4.98 Å². The summed E-state index contributed by atoms with van der Waals surface area (Å²) in [5.74, 6) is 1.69. The molecular formula is C28H31N3O. The van der Waals surface area contributed by atoms with Crippen molar-refractivity contribution in [3.05, 3.63) is 103 Å². The van der Waals surface area contributed by atoms with Crippen LogP contribution < -0.4 is 14.5 Å². The zero-order valence-corrected chi connectivity index (χ0v) is 19.3. The van der Waals surface area contributed by atoms with Crippen LogP contribution in [0, 0.1) is 6.67 Å². The Kier molecular flexibility index (Phi) is 6.79. The van der Waals surface area contributed by atoms with Gasteiger partial charge in [0.15, 0.2) is 0 Å². The number of ether oxygens (including phenoxy) is 1. The minimum absolute atomic E-state index is 0.426. The van der Waals surface area contributed by atoms with Crippen molar-refractivity contribution in [3.63, 3.8) is 0 Å². The van der Waals surface area contributed by atoms with E-state index in [1.807, 2.05) is 53.7 Å². The number of benzene rings is 2. The van der Waals surface area contributed by atoms with Gasteiger partial charge in [-0.2, -0.15) is 0 Å². The zero-order valence-electron chi connectivity index (χ0n) is 19.3. The number of rotatable bonds is 8. The van der Waals surface area contributed by atoms with E-state index in [-0.39, 0.29) is 0 Å². The third kappa shape index (κ3) is 4.80. The van der Waals surface area contributed by atoms with Gasteiger partial charge in [0.25, 0.3) is 0 Å². The molecule has 4 heteroatoms. The molecule has 0 amide bonds. The molecule has 0 N–H and O–H groups in total. The molecule has 3 aromatic rings. The molecular weight excluding hydrogens is 394 g/mol. The SMILES string of the molecule is CC(C)c1cccc(C(C)C)c1N1[C]N(c2ccccc2OCCc2ccccn2)C=C1. The third-order valence-corrected chi connectivity index (χ3v) is 5.63. The quantitative estimate of drug-likeness (QED) is 0.399. The monoisotopic (exact) mass is 425 g/mol. The molecule has 0 spiro atoms. The molecule has 0 aliphatic carbocycles. The van der Waals surface area contributed by atoms with E-state index >= 15 is 0 Å². The van der Waals surface area contributed by atoms with E-state index in [2.05, 4.69) is 74.7 Å². The van der Waals surface area contributed by atoms with E-state index in [4.69, 9.17) is 4.74 Å². The number of nitrogens with zero attached hydrogens (tertiary/aromatic N) is 3. The predicted molar refractivity (Wildman–Crippen MR) is 132 cm³/mol. The number of para-hydroxylation sites is 3. The van der Waals surface area contributed by atoms with Crippen LogP contribution in [0.25, 0.3) is 0 Å². The lowest BCUT2D eigenvalue weighted by Gasteiger charge is -2.27. The molecule has 1 aromatic heterocycles. The van der Waals surface area contributed by atoms with Gasteiger partial charge in [0.2, 0.25) is 6.67 Å². The largest absolute Gasteiger partial charge is 0.491 e. The van der Waals surface area contributed by atoms with Crippen LogP contribution in [0.4, 0.5) is 11.4 Å². The fourth-order valence-electron chi connectivity index (χ4n) is 3.95. The molecule has 2 radical (unpaired) electrons. The normalized spacial score (nSPS) is 13.4. The van der Waals surface area contributed by atoms with Gasteiger partial charge in [-0.15, -0.1) is 0 Å². The molecule has 0 atom stereocenters. The van der Waals surface area contributed by atoms with Crippen LogP contribution in [-0.4, -0.2) is 11.6 Å². The summed E-state index contributed by atoms with van der Waals surface area (Å²) in [6, 6.07) is 20.7. The van der Waals surface area contributed by atoms with E-state index in [9.17, 15) is 0 Å². The first-order valence-corrected chi connectivity index (χ1v) is 11.3. The Morgan fingerprint density at radius 3 is 2.19 bits per heavy atom. The average Bonchev–Trinajstić information content (AvgIpc) is 3.29. The van der Waals surface area contributed by atoms with Gasteiger partial charge in [-0.05, 0) is 47.2 Å². The van der Waals surface area contributed by atoms with Crippen LogP contribution in [0.15, 0.2) is 79.3 Å². The lowest BCUT2D eigenvalue weighted by Crippen LogP contribution is -2.21. The second-order valence-corrected chi connectivity index (χ2v) is 8.62. The first-order chi connectivity index (χ1) is 15.5. The molecule has 4 nitrogen and oxygen atoms in total. The number of anilines is 2. The molecule has 1 aliphatic rings. The lowest BCUT2D eigenvalue weighted by atomic mass is 9.92. The molecule has 2 heterocycles. The standard InChI is InChI=1S/C28H31N3O/c1-21(2)24-11-9-12-25(22(3)4)28(24)31-18-17-30(20-31)26-13-5-6-14-27(26)32-19-15-23-10-7-8-16-29-23/h5-14,16-18,21-22H,15,19H2,1-4H3. The maximum Gasteiger partial charge on any atom is 0.217 e. The summed E-state index contributed by atoms with van der Waals surface area (Å²) >= 11 is 0. The average molecular weight is 426 g/mol. The van der Waals surface area contributed by atoms with E-state index in [1.165, 1.54) is 16.8 Å². The van der Waals surface area contributed by atoms with Crippen LogP contribution >= 0.6 is 0 Å². The van der Waals surface area contributed by atoms with Gasteiger partial charge in [0.05, 0.1) is 18.0 Å². The van der Waals surface area contributed by atoms with Crippen molar-refractivity contribution in [2.24, 2.45) is 0 Å². The second kappa shape index (κ2) is 9.90. The van der Waals surface area contributed by atoms with Gasteiger partial charge in [-0.25, -0.2) is 0 Å². The van der Waals surface area contributed by atoms with Crippen LogP contribution in [0.3, 0.4) is 0 Å². The highest BCUT2D eigenvalue weighted by atomic mass is 16.5. The maximum absolute atomic E-state index is 6.14. The minimum Gasteiger partial charge on any atom is -0.491 e. The third-order valence-electron chi connectivity index (χ3n) is 5.63. The number of hydrogen-bond donors (Lipinski definition) is 0. The summed E-state index contributed by atoms with van der Waals surface area (Å²) in [7, 11) is 0. The molecule has 32 heavy (non-hydrogen) atoms. The smallest absolute Gasteiger partial charge is 0.217 e. The molecule has 1 aliphatic heterocycles. The fourth-order valence-corrected chi connectivity index (χ4v) is 3.95. The first kappa shape index (κ1) is 21.9. The van der Waals surface area contributed by atoms with Crippen molar-refractivity contribution >= 4 is 11.4 Å². The second-order valence-electron chi connectivity index (χ2n) is 8.62. The lowest BCUT2D eigenvalue weighted by molar-refractivity contribution is 0.321. The highest BCUT2D eigenvalue weighted by Crippen LogP contribution is 2.40. The summed E-state index contributed by atoms with van der Waals surface area (Å²) in [5.41, 5.74) is 5.89. The Balaban J connectivity index is 1.52. The maximum atomic E-state index is 6.14. The van der Waals surface area contributed by atoms with Crippen LogP contribution in [0.5, 0.6) is 5.75 Å². The van der Waals surface area contributed by atoms with Crippen LogP contribution in [0.1, 0.15) is 56.4 Å². The Hall–Kier alpha value is -3.27. The Bertz CT molecular complexity index is 1030. The highest BCUT2D eigenvalue weighted by molar-refractivity contribution is 5.71. The minimum atomic E-state index is 0.426. The number of hydrogen-bond acceptors (Lipinski definition) is 4. The van der Waals surface area contributed by atoms with Crippen molar-refractivity contribution < 1.29 is 4.74 Å². The van der Waals surface area contributed by atoms with Crippen molar-refractivity contribution in [2.45, 2.75) is 46.0 Å². The summed E-state index contributed by atoms with van der Waals surface area (Å²) in [5, 5.41) is 0. The van der Waals surface area contributed by atoms with Crippen molar-refractivity contribution in [1.29, 1.82) is 0 Å². The van der Waals surface area contributed by atoms with E-state index in [0.29, 0.717) is 18.4 Å². The Labute approximate surface area is 192 Å². The molecule has 0 unspecified atom stereocenters. The topological polar surface area (TPSA) is 28.6 Å². The van der Waals surface area contributed by atoms with Crippen molar-refractivity contribution in [3.8, 4) is 5.75 Å². The molecule has 4 rings (SSSR count). The Morgan fingerprint density at radius 1 is 0.812 bits per heavy atom. The van der Waals surface area contributed by atoms with Gasteiger partial charge < -0.3 is 14.5 Å². The fraction of sp³-hybridized carbons (Fsp3) is 0.286. The number of pyridine rings is 1. The summed E-state index contributed by atoms with van der Waals surface area (Å²) in [6.07, 6.45) is 6.71. The molecule has 2 aromatic carbocycles. The Morgan fingerprint density at radius 2 is 1.50 bits per heavy atom. The van der Waals surface area contributed by atoms with Gasteiger partial charge >= 0.3 is 0 Å². The van der Waals surface area contributed by atoms with Crippen molar-refractivity contribution in [1.82, 2.24) is 4.98 Å². The molecule has 0 saturated heterocycles. The van der Waals surface area contributed by atoms with Gasteiger partial charge in [0, 0.05) is 30.7 Å². The van der Waals surface area contributed by atoms with E-state index in [0.717, 1.165) is 23.6 Å². The molecule has 164 valence electrons. The van der Waals surface area contributed by atoms with Crippen LogP contribution in [0.2, 0.25) is 0 Å². The van der Waals surface area contributed by atoms with E-state index < -0.39 is 0 Å². The van der Waals surface area contributed by atoms with Gasteiger partial charge in [-0.1, -0.05) is 64.1 Å². The number of aromatic nitrogens is 1. The molecule has 0 bridgehead atoms. The summed E-state index contributed by atoms with van der Waals surface area (Å²) in [4.78, 5) is 8.51. The summed E-state index contributed by atoms with van der Waals surface area (Å²) in [6.45, 7) is 13.1. The zero-order chi connectivity index (χ0) is 22.5. The summed E-state index contributed by atoms with van der Waals surface area (Å²) < 4.78 is 6.14. The molecule has 0 fully saturated rings. The van der Waals surface area contributed by atoms with E-state index in [1.54, 1.807) is 0 Å². The van der Waals surface area contributed by atoms with Crippen molar-refractivity contribution in [2.75, 3.05) is 16.4 Å². The molecule has 0 saturated carbocycles. The predicted octanol–water partition coefficient (Wildman–Crippen LogP) is 6.74. The van der Waals surface area contributed by atoms with Crippen LogP contribution in [-0.2, 0) is 6.42 Å². The first-order valence-electron chi connectivity index (χ1n) is 11.3. The highest BCUT2D eigenvalue weighted by Gasteiger charge is 2.25.